The van der Waals surface area contributed by atoms with Crippen LogP contribution in [-0.2, 0) is 6.18 Å². The molecule has 1 aliphatic rings. The monoisotopic (exact) mass is 323 g/mol. The molecule has 0 aliphatic carbocycles. The predicted molar refractivity (Wildman–Crippen MR) is 65.7 cm³/mol. The molecule has 0 amide bonds. The Morgan fingerprint density at radius 2 is 1.86 bits per heavy atom. The smallest absolute Gasteiger partial charge is 0.296 e. The van der Waals surface area contributed by atoms with E-state index in [0.29, 0.717) is 11.1 Å². The van der Waals surface area contributed by atoms with E-state index in [-0.39, 0.29) is 12.1 Å². The zero-order chi connectivity index (χ0) is 16.7. The molecule has 120 valence electrons. The molecule has 3 nitrogen and oxygen atoms in total. The zero-order valence-electron chi connectivity index (χ0n) is 11.3. The second-order valence-corrected chi connectivity index (χ2v) is 5.03. The maximum Gasteiger partial charge on any atom is 0.417 e. The van der Waals surface area contributed by atoms with Gasteiger partial charge in [0.2, 0.25) is 0 Å². The molecule has 1 aromatic carbocycles. The van der Waals surface area contributed by atoms with Crippen molar-refractivity contribution in [2.24, 2.45) is 0 Å². The van der Waals surface area contributed by atoms with Gasteiger partial charge in [-0.25, -0.2) is 5.43 Å². The molecule has 0 bridgehead atoms. The normalized spacial score (nSPS) is 22.7. The largest absolute Gasteiger partial charge is 0.417 e. The Kier molecular flexibility index (Phi) is 4.00. The van der Waals surface area contributed by atoms with Crippen molar-refractivity contribution in [2.45, 2.75) is 37.8 Å². The molecule has 0 radical (unpaired) electrons. The van der Waals surface area contributed by atoms with Crippen molar-refractivity contribution in [3.8, 4) is 6.07 Å². The van der Waals surface area contributed by atoms with Crippen molar-refractivity contribution in [3.05, 3.63) is 29.3 Å². The molecule has 9 heteroatoms. The van der Waals surface area contributed by atoms with Crippen molar-refractivity contribution in [3.63, 3.8) is 0 Å². The fourth-order valence-corrected chi connectivity index (χ4v) is 2.37. The SMILES string of the molecule is C[C@@H]1CC(C(F)(F)F)N(c2ccc(C#N)c(C(F)(F)F)c2)N1. The van der Waals surface area contributed by atoms with Gasteiger partial charge < -0.3 is 0 Å². The van der Waals surface area contributed by atoms with Gasteiger partial charge in [-0.15, -0.1) is 0 Å². The molecule has 0 spiro atoms. The fraction of sp³-hybridized carbons (Fsp3) is 0.462. The minimum absolute atomic E-state index is 0.273. The van der Waals surface area contributed by atoms with E-state index in [2.05, 4.69) is 5.43 Å². The van der Waals surface area contributed by atoms with Gasteiger partial charge in [-0.1, -0.05) is 0 Å². The van der Waals surface area contributed by atoms with Gasteiger partial charge >= 0.3 is 12.4 Å². The Morgan fingerprint density at radius 1 is 1.23 bits per heavy atom. The fourth-order valence-electron chi connectivity index (χ4n) is 2.37. The third-order valence-corrected chi connectivity index (χ3v) is 3.33. The molecule has 0 aromatic heterocycles. The van der Waals surface area contributed by atoms with Gasteiger partial charge in [-0.3, -0.25) is 5.01 Å². The van der Waals surface area contributed by atoms with E-state index < -0.39 is 35.6 Å². The van der Waals surface area contributed by atoms with E-state index in [1.54, 1.807) is 0 Å². The van der Waals surface area contributed by atoms with Crippen molar-refractivity contribution < 1.29 is 26.3 Å². The van der Waals surface area contributed by atoms with Crippen molar-refractivity contribution in [2.75, 3.05) is 5.01 Å². The Morgan fingerprint density at radius 3 is 2.36 bits per heavy atom. The Bertz CT molecular complexity index is 601. The molecule has 2 atom stereocenters. The highest BCUT2D eigenvalue weighted by atomic mass is 19.4. The number of alkyl halides is 6. The van der Waals surface area contributed by atoms with Crippen LogP contribution in [0.15, 0.2) is 18.2 Å². The first-order chi connectivity index (χ1) is 10.0. The number of anilines is 1. The molecule has 1 aromatic rings. The van der Waals surface area contributed by atoms with E-state index in [4.69, 9.17) is 5.26 Å². The summed E-state index contributed by atoms with van der Waals surface area (Å²) < 4.78 is 77.7. The molecule has 22 heavy (non-hydrogen) atoms. The average Bonchev–Trinajstić information content (AvgIpc) is 2.79. The lowest BCUT2D eigenvalue weighted by atomic mass is 10.1. The first-order valence-electron chi connectivity index (χ1n) is 6.27. The van der Waals surface area contributed by atoms with Crippen LogP contribution in [-0.4, -0.2) is 18.3 Å². The summed E-state index contributed by atoms with van der Waals surface area (Å²) in [4.78, 5) is 0. The van der Waals surface area contributed by atoms with Gasteiger partial charge in [0.05, 0.1) is 22.9 Å². The summed E-state index contributed by atoms with van der Waals surface area (Å²) in [5.41, 5.74) is 0.339. The molecule has 1 aliphatic heterocycles. The van der Waals surface area contributed by atoms with E-state index in [9.17, 15) is 26.3 Å². The maximum absolute atomic E-state index is 13.0. The number of hydrogen-bond donors (Lipinski definition) is 1. The molecule has 0 saturated carbocycles. The van der Waals surface area contributed by atoms with E-state index in [1.807, 2.05) is 0 Å². The summed E-state index contributed by atoms with van der Waals surface area (Å²) in [6.45, 7) is 1.51. The van der Waals surface area contributed by atoms with Crippen LogP contribution in [0.25, 0.3) is 0 Å². The van der Waals surface area contributed by atoms with E-state index in [1.165, 1.54) is 13.0 Å². The highest BCUT2D eigenvalue weighted by Crippen LogP contribution is 2.38. The third kappa shape index (κ3) is 3.11. The number of hydrazine groups is 1. The summed E-state index contributed by atoms with van der Waals surface area (Å²) in [6.07, 6.45) is -9.67. The quantitative estimate of drug-likeness (QED) is 0.803. The molecule has 1 fully saturated rings. The molecular weight excluding hydrogens is 312 g/mol. The van der Waals surface area contributed by atoms with Crippen LogP contribution >= 0.6 is 0 Å². The van der Waals surface area contributed by atoms with Gasteiger partial charge in [-0.2, -0.15) is 31.6 Å². The standard InChI is InChI=1S/C13H11F6N3/c1-7-4-11(13(17,18)19)22(21-7)9-3-2-8(6-20)10(5-9)12(14,15)16/h2-3,5,7,11,21H,4H2,1H3/t7-,11?/m1/s1. The lowest BCUT2D eigenvalue weighted by Gasteiger charge is -2.28. The van der Waals surface area contributed by atoms with Crippen LogP contribution < -0.4 is 10.4 Å². The lowest BCUT2D eigenvalue weighted by molar-refractivity contribution is -0.146. The molecule has 1 heterocycles. The summed E-state index contributed by atoms with van der Waals surface area (Å²) in [5.74, 6) is 0. The first kappa shape index (κ1) is 16.4. The first-order valence-corrected chi connectivity index (χ1v) is 6.27. The van der Waals surface area contributed by atoms with Crippen LogP contribution in [0.3, 0.4) is 0 Å². The van der Waals surface area contributed by atoms with Gasteiger partial charge in [-0.05, 0) is 31.5 Å². The van der Waals surface area contributed by atoms with Crippen LogP contribution in [0.2, 0.25) is 0 Å². The molecular formula is C13H11F6N3. The van der Waals surface area contributed by atoms with Gasteiger partial charge in [0, 0.05) is 6.04 Å². The second kappa shape index (κ2) is 5.35. The number of hydrogen-bond acceptors (Lipinski definition) is 3. The molecule has 1 saturated heterocycles. The van der Waals surface area contributed by atoms with Gasteiger partial charge in [0.25, 0.3) is 0 Å². The second-order valence-electron chi connectivity index (χ2n) is 5.03. The number of rotatable bonds is 1. The molecule has 1 unspecified atom stereocenters. The number of nitrogens with one attached hydrogen (secondary N) is 1. The number of nitriles is 1. The lowest BCUT2D eigenvalue weighted by Crippen LogP contribution is -2.46. The van der Waals surface area contributed by atoms with Crippen LogP contribution in [0.1, 0.15) is 24.5 Å². The molecule has 2 rings (SSSR count). The summed E-state index contributed by atoms with van der Waals surface area (Å²) >= 11 is 0. The summed E-state index contributed by atoms with van der Waals surface area (Å²) in [5, 5.41) is 9.38. The van der Waals surface area contributed by atoms with Gasteiger partial charge in [0.15, 0.2) is 0 Å². The van der Waals surface area contributed by atoms with Crippen LogP contribution in [0, 0.1) is 11.3 Å². The number of nitrogens with zero attached hydrogens (tertiary/aromatic N) is 2. The zero-order valence-corrected chi connectivity index (χ0v) is 11.3. The third-order valence-electron chi connectivity index (χ3n) is 3.33. The number of halogens is 6. The Balaban J connectivity index is 2.47. The average molecular weight is 323 g/mol. The molecule has 1 N–H and O–H groups in total. The highest BCUT2D eigenvalue weighted by molar-refractivity contribution is 5.55. The topological polar surface area (TPSA) is 39.1 Å². The minimum Gasteiger partial charge on any atom is -0.296 e. The van der Waals surface area contributed by atoms with Crippen LogP contribution in [0.5, 0.6) is 0 Å². The number of benzene rings is 1. The van der Waals surface area contributed by atoms with Crippen molar-refractivity contribution in [1.29, 1.82) is 5.26 Å². The highest BCUT2D eigenvalue weighted by Gasteiger charge is 2.49. The maximum atomic E-state index is 13.0. The van der Waals surface area contributed by atoms with E-state index in [0.717, 1.165) is 12.1 Å². The van der Waals surface area contributed by atoms with Gasteiger partial charge in [0.1, 0.15) is 6.04 Å². The predicted octanol–water partition coefficient (Wildman–Crippen LogP) is 3.61. The Labute approximate surface area is 122 Å². The Hall–Kier alpha value is -1.95. The van der Waals surface area contributed by atoms with Crippen molar-refractivity contribution >= 4 is 5.69 Å². The van der Waals surface area contributed by atoms with E-state index >= 15 is 0 Å². The van der Waals surface area contributed by atoms with Crippen molar-refractivity contribution in [1.82, 2.24) is 5.43 Å². The summed E-state index contributed by atoms with van der Waals surface area (Å²) in [6, 6.07) is 1.43. The van der Waals surface area contributed by atoms with Crippen LogP contribution in [0.4, 0.5) is 32.0 Å². The summed E-state index contributed by atoms with van der Waals surface area (Å²) in [7, 11) is 0. The minimum atomic E-state index is -4.82.